The zero-order chi connectivity index (χ0) is 9.14. The summed E-state index contributed by atoms with van der Waals surface area (Å²) < 4.78 is 0. The summed E-state index contributed by atoms with van der Waals surface area (Å²) in [5.41, 5.74) is 0.869. The normalized spacial score (nSPS) is 9.25. The Kier molecular flexibility index (Phi) is 2.53. The third kappa shape index (κ3) is 1.67. The molecule has 1 aromatic heterocycles. The fourth-order valence-corrected chi connectivity index (χ4v) is 1.14. The molecule has 1 aromatic rings. The van der Waals surface area contributed by atoms with E-state index in [1.54, 1.807) is 13.8 Å². The molecule has 0 radical (unpaired) electrons. The molecular formula is C7H6ClN3O. The average Bonchev–Trinajstić information content (AvgIpc) is 1.96. The van der Waals surface area contributed by atoms with Gasteiger partial charge in [0.05, 0.1) is 5.69 Å². The molecule has 0 aliphatic carbocycles. The van der Waals surface area contributed by atoms with E-state index in [-0.39, 0.29) is 10.8 Å². The van der Waals surface area contributed by atoms with Crippen molar-refractivity contribution in [3.63, 3.8) is 0 Å². The summed E-state index contributed by atoms with van der Waals surface area (Å²) in [4.78, 5) is 21.2. The highest BCUT2D eigenvalue weighted by Gasteiger charge is 2.06. The molecule has 0 amide bonds. The second kappa shape index (κ2) is 3.43. The van der Waals surface area contributed by atoms with E-state index in [4.69, 9.17) is 11.6 Å². The van der Waals surface area contributed by atoms with E-state index in [9.17, 15) is 4.79 Å². The number of aromatic nitrogens is 2. The largest absolute Gasteiger partial charge is 0.240 e. The van der Waals surface area contributed by atoms with Crippen molar-refractivity contribution < 1.29 is 4.79 Å². The van der Waals surface area contributed by atoms with Gasteiger partial charge in [-0.25, -0.2) is 14.8 Å². The third-order valence-corrected chi connectivity index (χ3v) is 1.55. The van der Waals surface area contributed by atoms with Gasteiger partial charge in [0.25, 0.3) is 0 Å². The van der Waals surface area contributed by atoms with Crippen LogP contribution >= 0.6 is 11.6 Å². The summed E-state index contributed by atoms with van der Waals surface area (Å²) in [6, 6.07) is 0. The lowest BCUT2D eigenvalue weighted by Crippen LogP contribution is -1.91. The number of rotatable bonds is 1. The van der Waals surface area contributed by atoms with Gasteiger partial charge in [-0.05, 0) is 13.8 Å². The van der Waals surface area contributed by atoms with E-state index in [1.807, 2.05) is 0 Å². The number of hydrogen-bond acceptors (Lipinski definition) is 4. The molecule has 1 heterocycles. The van der Waals surface area contributed by atoms with Crippen molar-refractivity contribution in [3.05, 3.63) is 16.7 Å². The molecule has 0 saturated heterocycles. The Labute approximate surface area is 74.3 Å². The van der Waals surface area contributed by atoms with Gasteiger partial charge in [0.1, 0.15) is 11.5 Å². The molecular weight excluding hydrogens is 178 g/mol. The number of aliphatic imine (C=N–C) groups is 1. The summed E-state index contributed by atoms with van der Waals surface area (Å²) in [5, 5.41) is 0.184. The van der Waals surface area contributed by atoms with Gasteiger partial charge >= 0.3 is 0 Å². The number of hydrogen-bond donors (Lipinski definition) is 0. The zero-order valence-electron chi connectivity index (χ0n) is 6.63. The lowest BCUT2D eigenvalue weighted by Gasteiger charge is -1.99. The fraction of sp³-hybridized carbons (Fsp3) is 0.286. The molecule has 4 nitrogen and oxygen atoms in total. The fourth-order valence-electron chi connectivity index (χ4n) is 0.838. The summed E-state index contributed by atoms with van der Waals surface area (Å²) in [7, 11) is 0. The minimum atomic E-state index is 0.184. The zero-order valence-corrected chi connectivity index (χ0v) is 7.38. The molecule has 0 aliphatic rings. The Morgan fingerprint density at radius 2 is 2.08 bits per heavy atom. The van der Waals surface area contributed by atoms with E-state index < -0.39 is 0 Å². The second-order valence-electron chi connectivity index (χ2n) is 2.20. The summed E-state index contributed by atoms with van der Waals surface area (Å²) >= 11 is 5.69. The van der Waals surface area contributed by atoms with Crippen molar-refractivity contribution in [2.75, 3.05) is 0 Å². The van der Waals surface area contributed by atoms with Crippen LogP contribution in [0.3, 0.4) is 0 Å². The molecule has 0 fully saturated rings. The molecule has 0 unspecified atom stereocenters. The average molecular weight is 184 g/mol. The van der Waals surface area contributed by atoms with E-state index in [1.165, 1.54) is 6.08 Å². The first-order valence-corrected chi connectivity index (χ1v) is 3.61. The molecule has 12 heavy (non-hydrogen) atoms. The van der Waals surface area contributed by atoms with E-state index in [0.29, 0.717) is 11.5 Å². The van der Waals surface area contributed by atoms with Crippen LogP contribution in [0, 0.1) is 13.8 Å². The van der Waals surface area contributed by atoms with Crippen LogP contribution in [0.5, 0.6) is 0 Å². The number of aryl methyl sites for hydroxylation is 2. The van der Waals surface area contributed by atoms with Crippen LogP contribution in [0.25, 0.3) is 0 Å². The van der Waals surface area contributed by atoms with Gasteiger partial charge in [-0.2, -0.15) is 4.99 Å². The maximum atomic E-state index is 9.96. The predicted octanol–water partition coefficient (Wildman–Crippen LogP) is 1.71. The summed E-state index contributed by atoms with van der Waals surface area (Å²) in [6.45, 7) is 3.42. The van der Waals surface area contributed by atoms with Gasteiger partial charge in [0.2, 0.25) is 6.08 Å². The highest BCUT2D eigenvalue weighted by atomic mass is 35.5. The van der Waals surface area contributed by atoms with Crippen molar-refractivity contribution in [2.45, 2.75) is 13.8 Å². The maximum Gasteiger partial charge on any atom is 0.240 e. The van der Waals surface area contributed by atoms with Crippen LogP contribution < -0.4 is 0 Å². The number of isocyanates is 1. The van der Waals surface area contributed by atoms with Crippen molar-refractivity contribution in [1.82, 2.24) is 9.97 Å². The number of halogens is 1. The molecule has 0 saturated carbocycles. The minimum Gasteiger partial charge on any atom is -0.236 e. The molecule has 0 N–H and O–H groups in total. The second-order valence-corrected chi connectivity index (χ2v) is 2.56. The van der Waals surface area contributed by atoms with Crippen LogP contribution in [0.4, 0.5) is 5.69 Å². The lowest BCUT2D eigenvalue weighted by molar-refractivity contribution is 0.565. The lowest BCUT2D eigenvalue weighted by atomic mass is 10.4. The Morgan fingerprint density at radius 1 is 1.42 bits per heavy atom. The minimum absolute atomic E-state index is 0.184. The molecule has 0 spiro atoms. The van der Waals surface area contributed by atoms with Crippen molar-refractivity contribution in [1.29, 1.82) is 0 Å². The van der Waals surface area contributed by atoms with Crippen LogP contribution in [0.15, 0.2) is 4.99 Å². The highest BCUT2D eigenvalue weighted by Crippen LogP contribution is 2.24. The summed E-state index contributed by atoms with van der Waals surface area (Å²) in [5.74, 6) is 0.558. The van der Waals surface area contributed by atoms with Gasteiger partial charge < -0.3 is 0 Å². The van der Waals surface area contributed by atoms with Gasteiger partial charge in [0.15, 0.2) is 5.15 Å². The van der Waals surface area contributed by atoms with E-state index >= 15 is 0 Å². The SMILES string of the molecule is Cc1nc(C)c(N=C=O)c(Cl)n1. The Balaban J connectivity index is 3.37. The maximum absolute atomic E-state index is 9.96. The topological polar surface area (TPSA) is 55.2 Å². The molecule has 0 bridgehead atoms. The van der Waals surface area contributed by atoms with Gasteiger partial charge in [-0.1, -0.05) is 11.6 Å². The molecule has 1 rings (SSSR count). The molecule has 0 aromatic carbocycles. The molecule has 0 atom stereocenters. The van der Waals surface area contributed by atoms with Crippen molar-refractivity contribution in [2.24, 2.45) is 4.99 Å². The molecule has 0 aliphatic heterocycles. The highest BCUT2D eigenvalue weighted by molar-refractivity contribution is 6.31. The van der Waals surface area contributed by atoms with E-state index in [2.05, 4.69) is 15.0 Å². The monoisotopic (exact) mass is 183 g/mol. The van der Waals surface area contributed by atoms with Gasteiger partial charge in [0, 0.05) is 0 Å². The van der Waals surface area contributed by atoms with Gasteiger partial charge in [-0.3, -0.25) is 0 Å². The quantitative estimate of drug-likeness (QED) is 0.378. The van der Waals surface area contributed by atoms with Crippen molar-refractivity contribution >= 4 is 23.4 Å². The Hall–Kier alpha value is -1.25. The Bertz CT molecular complexity index is 335. The number of carbonyl (C=O) groups excluding carboxylic acids is 1. The van der Waals surface area contributed by atoms with Crippen molar-refractivity contribution in [3.8, 4) is 0 Å². The van der Waals surface area contributed by atoms with E-state index in [0.717, 1.165) is 0 Å². The molecule has 5 heteroatoms. The number of nitrogens with zero attached hydrogens (tertiary/aromatic N) is 3. The van der Waals surface area contributed by atoms with Crippen LogP contribution in [-0.2, 0) is 4.79 Å². The first kappa shape index (κ1) is 8.84. The van der Waals surface area contributed by atoms with Crippen LogP contribution in [0.2, 0.25) is 5.15 Å². The molecule has 62 valence electrons. The van der Waals surface area contributed by atoms with Crippen LogP contribution in [0.1, 0.15) is 11.5 Å². The van der Waals surface area contributed by atoms with Gasteiger partial charge in [-0.15, -0.1) is 0 Å². The Morgan fingerprint density at radius 3 is 2.58 bits per heavy atom. The van der Waals surface area contributed by atoms with Crippen LogP contribution in [-0.4, -0.2) is 16.0 Å². The smallest absolute Gasteiger partial charge is 0.236 e. The first-order chi connectivity index (χ1) is 5.65. The third-order valence-electron chi connectivity index (χ3n) is 1.29. The standard InChI is InChI=1S/C7H6ClN3O/c1-4-6(9-3-12)7(8)11-5(2)10-4/h1-2H3. The predicted molar refractivity (Wildman–Crippen MR) is 44.3 cm³/mol. The first-order valence-electron chi connectivity index (χ1n) is 3.23. The summed E-state index contributed by atoms with van der Waals surface area (Å²) in [6.07, 6.45) is 1.40.